The van der Waals surface area contributed by atoms with Crippen LogP contribution in [0.5, 0.6) is 5.75 Å². The molecule has 1 amide bonds. The van der Waals surface area contributed by atoms with Crippen molar-refractivity contribution in [2.45, 2.75) is 38.6 Å². The molecule has 1 aromatic carbocycles. The van der Waals surface area contributed by atoms with Crippen molar-refractivity contribution < 1.29 is 15.0 Å². The van der Waals surface area contributed by atoms with E-state index >= 15 is 0 Å². The van der Waals surface area contributed by atoms with Crippen molar-refractivity contribution >= 4 is 5.91 Å². The Labute approximate surface area is 113 Å². The lowest BCUT2D eigenvalue weighted by Crippen LogP contribution is -2.45. The SMILES string of the molecule is Cc1cccc(C(=O)N(CCCO)C2CCC2)c1O. The number of nitrogens with zero attached hydrogens (tertiary/aromatic N) is 1. The lowest BCUT2D eigenvalue weighted by atomic mass is 9.90. The third-order valence-corrected chi connectivity index (χ3v) is 3.80. The lowest BCUT2D eigenvalue weighted by Gasteiger charge is -2.37. The summed E-state index contributed by atoms with van der Waals surface area (Å²) < 4.78 is 0. The summed E-state index contributed by atoms with van der Waals surface area (Å²) in [6, 6.07) is 5.50. The third-order valence-electron chi connectivity index (χ3n) is 3.80. The largest absolute Gasteiger partial charge is 0.507 e. The van der Waals surface area contributed by atoms with Gasteiger partial charge in [0.2, 0.25) is 0 Å². The number of rotatable bonds is 5. The van der Waals surface area contributed by atoms with Gasteiger partial charge in [-0.05, 0) is 44.2 Å². The summed E-state index contributed by atoms with van der Waals surface area (Å²) in [4.78, 5) is 14.3. The van der Waals surface area contributed by atoms with E-state index in [-0.39, 0.29) is 24.3 Å². The average Bonchev–Trinajstić information content (AvgIpc) is 2.34. The number of carbonyl (C=O) groups is 1. The second kappa shape index (κ2) is 6.06. The van der Waals surface area contributed by atoms with Crippen molar-refractivity contribution in [1.29, 1.82) is 0 Å². The van der Waals surface area contributed by atoms with Gasteiger partial charge in [-0.1, -0.05) is 12.1 Å². The Morgan fingerprint density at radius 3 is 2.74 bits per heavy atom. The lowest BCUT2D eigenvalue weighted by molar-refractivity contribution is 0.0559. The molecule has 19 heavy (non-hydrogen) atoms. The van der Waals surface area contributed by atoms with E-state index in [0.717, 1.165) is 19.3 Å². The molecule has 0 atom stereocenters. The van der Waals surface area contributed by atoms with Crippen LogP contribution in [0.4, 0.5) is 0 Å². The van der Waals surface area contributed by atoms with Crippen LogP contribution in [0.15, 0.2) is 18.2 Å². The molecule has 1 aliphatic rings. The van der Waals surface area contributed by atoms with Crippen LogP contribution < -0.4 is 0 Å². The van der Waals surface area contributed by atoms with Crippen LogP contribution in [0, 0.1) is 6.92 Å². The number of hydrogen-bond donors (Lipinski definition) is 2. The van der Waals surface area contributed by atoms with E-state index in [1.165, 1.54) is 0 Å². The first-order chi connectivity index (χ1) is 9.15. The zero-order valence-corrected chi connectivity index (χ0v) is 11.3. The summed E-state index contributed by atoms with van der Waals surface area (Å²) >= 11 is 0. The van der Waals surface area contributed by atoms with E-state index in [9.17, 15) is 9.90 Å². The van der Waals surface area contributed by atoms with Crippen molar-refractivity contribution in [2.75, 3.05) is 13.2 Å². The van der Waals surface area contributed by atoms with Crippen LogP contribution in [-0.2, 0) is 0 Å². The minimum Gasteiger partial charge on any atom is -0.507 e. The van der Waals surface area contributed by atoms with E-state index in [2.05, 4.69) is 0 Å². The predicted octanol–water partition coefficient (Wildman–Crippen LogP) is 2.08. The highest BCUT2D eigenvalue weighted by molar-refractivity contribution is 5.97. The number of aryl methyl sites for hydroxylation is 1. The molecule has 4 nitrogen and oxygen atoms in total. The van der Waals surface area contributed by atoms with Crippen molar-refractivity contribution in [1.82, 2.24) is 4.90 Å². The second-order valence-corrected chi connectivity index (χ2v) is 5.13. The molecular formula is C15H21NO3. The maximum absolute atomic E-state index is 12.5. The monoisotopic (exact) mass is 263 g/mol. The number of para-hydroxylation sites is 1. The summed E-state index contributed by atoms with van der Waals surface area (Å²) in [6.07, 6.45) is 3.76. The van der Waals surface area contributed by atoms with Gasteiger partial charge in [-0.25, -0.2) is 0 Å². The third kappa shape index (κ3) is 2.89. The Kier molecular flexibility index (Phi) is 4.43. The molecule has 0 aromatic heterocycles. The first-order valence-electron chi connectivity index (χ1n) is 6.85. The van der Waals surface area contributed by atoms with E-state index < -0.39 is 0 Å². The van der Waals surface area contributed by atoms with Crippen molar-refractivity contribution in [2.24, 2.45) is 0 Å². The van der Waals surface area contributed by atoms with Gasteiger partial charge in [-0.15, -0.1) is 0 Å². The Bertz CT molecular complexity index is 455. The predicted molar refractivity (Wildman–Crippen MR) is 73.2 cm³/mol. The normalized spacial score (nSPS) is 15.1. The fourth-order valence-electron chi connectivity index (χ4n) is 2.38. The quantitative estimate of drug-likeness (QED) is 0.855. The van der Waals surface area contributed by atoms with Crippen LogP contribution in [0.1, 0.15) is 41.6 Å². The highest BCUT2D eigenvalue weighted by Crippen LogP contribution is 2.29. The van der Waals surface area contributed by atoms with Crippen LogP contribution in [0.3, 0.4) is 0 Å². The van der Waals surface area contributed by atoms with Gasteiger partial charge in [0.05, 0.1) is 5.56 Å². The molecule has 0 spiro atoms. The van der Waals surface area contributed by atoms with E-state index in [1.807, 2.05) is 0 Å². The maximum atomic E-state index is 12.5. The van der Waals surface area contributed by atoms with Crippen LogP contribution in [0.25, 0.3) is 0 Å². The number of aliphatic hydroxyl groups excluding tert-OH is 1. The average molecular weight is 263 g/mol. The van der Waals surface area contributed by atoms with Gasteiger partial charge in [0, 0.05) is 19.2 Å². The molecule has 4 heteroatoms. The topological polar surface area (TPSA) is 60.8 Å². The van der Waals surface area contributed by atoms with Crippen molar-refractivity contribution in [3.63, 3.8) is 0 Å². The van der Waals surface area contributed by atoms with Gasteiger partial charge in [0.25, 0.3) is 5.91 Å². The molecule has 0 bridgehead atoms. The highest BCUT2D eigenvalue weighted by atomic mass is 16.3. The number of hydrogen-bond acceptors (Lipinski definition) is 3. The summed E-state index contributed by atoms with van der Waals surface area (Å²) in [5.74, 6) is -0.0554. The fourth-order valence-corrected chi connectivity index (χ4v) is 2.38. The summed E-state index contributed by atoms with van der Waals surface area (Å²) in [5.41, 5.74) is 1.08. The second-order valence-electron chi connectivity index (χ2n) is 5.13. The molecule has 1 aromatic rings. The molecule has 2 rings (SSSR count). The molecule has 1 saturated carbocycles. The van der Waals surface area contributed by atoms with Gasteiger partial charge < -0.3 is 15.1 Å². The standard InChI is InChI=1S/C15H21NO3/c1-11-5-2-8-13(14(11)18)15(19)16(9-4-10-17)12-6-3-7-12/h2,5,8,12,17-18H,3-4,6-7,9-10H2,1H3. The number of aliphatic hydroxyl groups is 1. The zero-order chi connectivity index (χ0) is 13.8. The fraction of sp³-hybridized carbons (Fsp3) is 0.533. The highest BCUT2D eigenvalue weighted by Gasteiger charge is 2.30. The van der Waals surface area contributed by atoms with Crippen LogP contribution in [0.2, 0.25) is 0 Å². The summed E-state index contributed by atoms with van der Waals surface area (Å²) in [6.45, 7) is 2.41. The molecule has 1 aliphatic carbocycles. The minimum atomic E-state index is -0.126. The van der Waals surface area contributed by atoms with Crippen molar-refractivity contribution in [3.8, 4) is 5.75 Å². The van der Waals surface area contributed by atoms with Crippen molar-refractivity contribution in [3.05, 3.63) is 29.3 Å². The van der Waals surface area contributed by atoms with E-state index in [1.54, 1.807) is 30.0 Å². The van der Waals surface area contributed by atoms with Crippen LogP contribution in [-0.4, -0.2) is 40.2 Å². The Balaban J connectivity index is 2.20. The van der Waals surface area contributed by atoms with Gasteiger partial charge in [0.15, 0.2) is 0 Å². The molecule has 0 unspecified atom stereocenters. The van der Waals surface area contributed by atoms with Gasteiger partial charge in [0.1, 0.15) is 5.75 Å². The van der Waals surface area contributed by atoms with Gasteiger partial charge in [-0.3, -0.25) is 4.79 Å². The molecule has 0 heterocycles. The van der Waals surface area contributed by atoms with Gasteiger partial charge >= 0.3 is 0 Å². The number of benzene rings is 1. The van der Waals surface area contributed by atoms with E-state index in [4.69, 9.17) is 5.11 Å². The van der Waals surface area contributed by atoms with Gasteiger partial charge in [-0.2, -0.15) is 0 Å². The molecule has 0 radical (unpaired) electrons. The Morgan fingerprint density at radius 1 is 1.42 bits per heavy atom. The summed E-state index contributed by atoms with van der Waals surface area (Å²) in [5, 5.41) is 19.0. The molecule has 2 N–H and O–H groups in total. The minimum absolute atomic E-state index is 0.0702. The number of carbonyl (C=O) groups excluding carboxylic acids is 1. The molecule has 1 fully saturated rings. The zero-order valence-electron chi connectivity index (χ0n) is 11.3. The first kappa shape index (κ1) is 13.9. The Morgan fingerprint density at radius 2 is 2.16 bits per heavy atom. The molecule has 0 aliphatic heterocycles. The molecule has 0 saturated heterocycles. The Hall–Kier alpha value is -1.55. The van der Waals surface area contributed by atoms with Crippen LogP contribution >= 0.6 is 0 Å². The maximum Gasteiger partial charge on any atom is 0.257 e. The first-order valence-corrected chi connectivity index (χ1v) is 6.85. The smallest absolute Gasteiger partial charge is 0.257 e. The summed E-state index contributed by atoms with van der Waals surface area (Å²) in [7, 11) is 0. The molecule has 104 valence electrons. The number of phenolic OH excluding ortho intramolecular Hbond substituents is 1. The van der Waals surface area contributed by atoms with E-state index in [0.29, 0.717) is 24.1 Å². The number of amides is 1. The number of aromatic hydroxyl groups is 1. The molecular weight excluding hydrogens is 242 g/mol. The number of phenols is 1.